The van der Waals surface area contributed by atoms with Gasteiger partial charge in [-0.05, 0) is 82.1 Å². The molecule has 0 saturated heterocycles. The van der Waals surface area contributed by atoms with Crippen LogP contribution in [0.4, 0.5) is 5.69 Å². The van der Waals surface area contributed by atoms with E-state index in [1.807, 2.05) is 33.8 Å². The van der Waals surface area contributed by atoms with E-state index in [4.69, 9.17) is 9.47 Å². The van der Waals surface area contributed by atoms with Gasteiger partial charge < -0.3 is 19.7 Å². The van der Waals surface area contributed by atoms with Crippen molar-refractivity contribution in [3.8, 4) is 11.5 Å². The van der Waals surface area contributed by atoms with Crippen LogP contribution in [0.5, 0.6) is 11.5 Å². The SMILES string of the molecule is COc1cccc(CN(C(=O)CN(c2cc(C)ccc2OC)S(=O)(=O)c2ccccc2)[C@H](C)C(=O)NC(C)(C)C)c1. The maximum Gasteiger partial charge on any atom is 0.264 e. The zero-order valence-corrected chi connectivity index (χ0v) is 25.5. The van der Waals surface area contributed by atoms with Crippen LogP contribution in [0.3, 0.4) is 0 Å². The fourth-order valence-corrected chi connectivity index (χ4v) is 5.69. The number of anilines is 1. The summed E-state index contributed by atoms with van der Waals surface area (Å²) in [5.74, 6) is -0.0351. The Morgan fingerprint density at radius 2 is 1.61 bits per heavy atom. The molecule has 0 unspecified atom stereocenters. The van der Waals surface area contributed by atoms with Crippen molar-refractivity contribution in [1.82, 2.24) is 10.2 Å². The Hall–Kier alpha value is -4.05. The Morgan fingerprint density at radius 3 is 2.22 bits per heavy atom. The molecule has 0 saturated carbocycles. The highest BCUT2D eigenvalue weighted by Crippen LogP contribution is 2.33. The molecule has 3 rings (SSSR count). The number of methoxy groups -OCH3 is 2. The highest BCUT2D eigenvalue weighted by molar-refractivity contribution is 7.92. The van der Waals surface area contributed by atoms with Gasteiger partial charge in [0.15, 0.2) is 0 Å². The van der Waals surface area contributed by atoms with Crippen molar-refractivity contribution in [2.45, 2.75) is 57.6 Å². The molecule has 10 heteroatoms. The molecule has 0 aliphatic heterocycles. The van der Waals surface area contributed by atoms with Crippen molar-refractivity contribution in [3.05, 3.63) is 83.9 Å². The molecule has 1 N–H and O–H groups in total. The number of amides is 2. The van der Waals surface area contributed by atoms with Crippen LogP contribution in [-0.4, -0.2) is 57.5 Å². The number of nitrogens with zero attached hydrogens (tertiary/aromatic N) is 2. The van der Waals surface area contributed by atoms with Crippen molar-refractivity contribution in [3.63, 3.8) is 0 Å². The monoisotopic (exact) mass is 581 g/mol. The maximum atomic E-state index is 14.1. The summed E-state index contributed by atoms with van der Waals surface area (Å²) in [5.41, 5.74) is 1.19. The van der Waals surface area contributed by atoms with Crippen LogP contribution >= 0.6 is 0 Å². The first-order chi connectivity index (χ1) is 19.3. The number of carbonyl (C=O) groups excluding carboxylic acids is 2. The number of hydrogen-bond donors (Lipinski definition) is 1. The van der Waals surface area contributed by atoms with E-state index in [9.17, 15) is 18.0 Å². The summed E-state index contributed by atoms with van der Waals surface area (Å²) in [4.78, 5) is 28.8. The second kappa shape index (κ2) is 13.1. The fraction of sp³-hybridized carbons (Fsp3) is 0.355. The Kier molecular flexibility index (Phi) is 10.0. The fourth-order valence-electron chi connectivity index (χ4n) is 4.25. The van der Waals surface area contributed by atoms with Gasteiger partial charge in [-0.2, -0.15) is 0 Å². The van der Waals surface area contributed by atoms with Gasteiger partial charge >= 0.3 is 0 Å². The molecular formula is C31H39N3O6S. The zero-order valence-electron chi connectivity index (χ0n) is 24.7. The van der Waals surface area contributed by atoms with Gasteiger partial charge in [-0.15, -0.1) is 0 Å². The number of nitrogens with one attached hydrogen (secondary N) is 1. The first-order valence-electron chi connectivity index (χ1n) is 13.2. The van der Waals surface area contributed by atoms with Gasteiger partial charge in [0.05, 0.1) is 24.8 Å². The second-order valence-electron chi connectivity index (χ2n) is 10.8. The number of aryl methyl sites for hydroxylation is 1. The minimum atomic E-state index is -4.21. The highest BCUT2D eigenvalue weighted by atomic mass is 32.2. The molecular weight excluding hydrogens is 542 g/mol. The van der Waals surface area contributed by atoms with Crippen LogP contribution < -0.4 is 19.1 Å². The predicted molar refractivity (Wildman–Crippen MR) is 160 cm³/mol. The quantitative estimate of drug-likeness (QED) is 0.357. The average Bonchev–Trinajstić information content (AvgIpc) is 2.93. The lowest BCUT2D eigenvalue weighted by molar-refractivity contribution is -0.140. The molecule has 220 valence electrons. The number of sulfonamides is 1. The number of hydrogen-bond acceptors (Lipinski definition) is 6. The molecule has 0 fully saturated rings. The molecule has 41 heavy (non-hydrogen) atoms. The Morgan fingerprint density at radius 1 is 0.927 bits per heavy atom. The van der Waals surface area contributed by atoms with E-state index in [2.05, 4.69) is 5.32 Å². The molecule has 0 aliphatic rings. The minimum Gasteiger partial charge on any atom is -0.497 e. The molecule has 1 atom stereocenters. The second-order valence-corrected chi connectivity index (χ2v) is 12.7. The van der Waals surface area contributed by atoms with Crippen LogP contribution in [0.1, 0.15) is 38.8 Å². The van der Waals surface area contributed by atoms with Gasteiger partial charge in [0, 0.05) is 12.1 Å². The maximum absolute atomic E-state index is 14.1. The van der Waals surface area contributed by atoms with Crippen LogP contribution in [-0.2, 0) is 26.2 Å². The van der Waals surface area contributed by atoms with E-state index in [0.29, 0.717) is 11.5 Å². The van der Waals surface area contributed by atoms with Crippen LogP contribution in [0.15, 0.2) is 77.7 Å². The molecule has 0 heterocycles. The molecule has 9 nitrogen and oxygen atoms in total. The largest absolute Gasteiger partial charge is 0.497 e. The number of ether oxygens (including phenoxy) is 2. The molecule has 3 aromatic rings. The molecule has 0 bridgehead atoms. The topological polar surface area (TPSA) is 105 Å². The van der Waals surface area contributed by atoms with Gasteiger partial charge in [-0.3, -0.25) is 13.9 Å². The standard InChI is InChI=1S/C31H39N3O6S/c1-22-16-17-28(40-7)27(18-22)34(41(37,38)26-14-9-8-10-15-26)21-29(35)33(23(2)30(36)32-31(3,4)5)20-24-12-11-13-25(19-24)39-6/h8-19,23H,20-21H2,1-7H3,(H,32,36)/t23-/m1/s1. The summed E-state index contributed by atoms with van der Waals surface area (Å²) in [6, 6.07) is 19.3. The number of carbonyl (C=O) groups is 2. The van der Waals surface area contributed by atoms with Crippen molar-refractivity contribution in [2.75, 3.05) is 25.1 Å². The zero-order chi connectivity index (χ0) is 30.4. The van der Waals surface area contributed by atoms with Crippen LogP contribution in [0.25, 0.3) is 0 Å². The van der Waals surface area contributed by atoms with Gasteiger partial charge in [-0.25, -0.2) is 8.42 Å². The van der Waals surface area contributed by atoms with Gasteiger partial charge in [-0.1, -0.05) is 36.4 Å². The summed E-state index contributed by atoms with van der Waals surface area (Å²) in [6.45, 7) is 8.50. The average molecular weight is 582 g/mol. The third kappa shape index (κ3) is 8.00. The Balaban J connectivity index is 2.10. The molecule has 2 amide bonds. The smallest absolute Gasteiger partial charge is 0.264 e. The van der Waals surface area contributed by atoms with Crippen molar-refractivity contribution in [2.24, 2.45) is 0 Å². The van der Waals surface area contributed by atoms with Crippen LogP contribution in [0, 0.1) is 6.92 Å². The summed E-state index contributed by atoms with van der Waals surface area (Å²) < 4.78 is 39.9. The summed E-state index contributed by atoms with van der Waals surface area (Å²) in [6.07, 6.45) is 0. The number of rotatable bonds is 11. The third-order valence-electron chi connectivity index (χ3n) is 6.37. The molecule has 0 spiro atoms. The lowest BCUT2D eigenvalue weighted by atomic mass is 10.1. The first kappa shape index (κ1) is 31.5. The van der Waals surface area contributed by atoms with E-state index in [1.165, 1.54) is 24.1 Å². The molecule has 3 aromatic carbocycles. The van der Waals surface area contributed by atoms with Gasteiger partial charge in [0.25, 0.3) is 10.0 Å². The van der Waals surface area contributed by atoms with Crippen molar-refractivity contribution >= 4 is 27.5 Å². The molecule has 0 aliphatic carbocycles. The summed E-state index contributed by atoms with van der Waals surface area (Å²) in [5, 5.41) is 2.92. The lowest BCUT2D eigenvalue weighted by Crippen LogP contribution is -2.54. The van der Waals surface area contributed by atoms with E-state index in [0.717, 1.165) is 15.4 Å². The minimum absolute atomic E-state index is 0.0224. The molecule has 0 aromatic heterocycles. The van der Waals surface area contributed by atoms with E-state index in [1.54, 1.807) is 68.6 Å². The first-order valence-corrected chi connectivity index (χ1v) is 14.7. The lowest BCUT2D eigenvalue weighted by Gasteiger charge is -2.34. The van der Waals surface area contributed by atoms with Gasteiger partial charge in [0.2, 0.25) is 11.8 Å². The predicted octanol–water partition coefficient (Wildman–Crippen LogP) is 4.54. The van der Waals surface area contributed by atoms with Crippen molar-refractivity contribution < 1.29 is 27.5 Å². The van der Waals surface area contributed by atoms with E-state index >= 15 is 0 Å². The normalized spacial score (nSPS) is 12.3. The third-order valence-corrected chi connectivity index (χ3v) is 8.14. The summed E-state index contributed by atoms with van der Waals surface area (Å²) in [7, 11) is -1.22. The molecule has 0 radical (unpaired) electrons. The van der Waals surface area contributed by atoms with Crippen molar-refractivity contribution in [1.29, 1.82) is 0 Å². The Labute approximate surface area is 243 Å². The number of benzene rings is 3. The Bertz CT molecular complexity index is 1470. The van der Waals surface area contributed by atoms with E-state index in [-0.39, 0.29) is 23.0 Å². The highest BCUT2D eigenvalue weighted by Gasteiger charge is 2.34. The summed E-state index contributed by atoms with van der Waals surface area (Å²) >= 11 is 0. The van der Waals surface area contributed by atoms with E-state index < -0.39 is 34.1 Å². The van der Waals surface area contributed by atoms with Crippen LogP contribution in [0.2, 0.25) is 0 Å². The van der Waals surface area contributed by atoms with Gasteiger partial charge in [0.1, 0.15) is 24.1 Å².